The van der Waals surface area contributed by atoms with Crippen LogP contribution in [0.5, 0.6) is 0 Å². The van der Waals surface area contributed by atoms with Crippen molar-refractivity contribution in [2.24, 2.45) is 0 Å². The summed E-state index contributed by atoms with van der Waals surface area (Å²) in [6.07, 6.45) is 2.02. The molecule has 1 amide bonds. The Hall–Kier alpha value is -1.95. The van der Waals surface area contributed by atoms with E-state index in [1.54, 1.807) is 18.2 Å². The number of hydrogen-bond donors (Lipinski definition) is 1. The first-order valence-electron chi connectivity index (χ1n) is 6.45. The summed E-state index contributed by atoms with van der Waals surface area (Å²) in [5, 5.41) is 14.9. The zero-order valence-electron chi connectivity index (χ0n) is 11.4. The van der Waals surface area contributed by atoms with Crippen LogP contribution in [0.25, 0.3) is 0 Å². The molecule has 0 bridgehead atoms. The highest BCUT2D eigenvalue weighted by Gasteiger charge is 2.11. The second-order valence-electron chi connectivity index (χ2n) is 4.48. The van der Waals surface area contributed by atoms with Crippen molar-refractivity contribution in [3.63, 3.8) is 0 Å². The fourth-order valence-electron chi connectivity index (χ4n) is 1.60. The molecule has 0 unspecified atom stereocenters. The summed E-state index contributed by atoms with van der Waals surface area (Å²) in [6.45, 7) is 4.65. The summed E-state index contributed by atoms with van der Waals surface area (Å²) in [5.41, 5.74) is 1.39. The van der Waals surface area contributed by atoms with Crippen LogP contribution in [0.4, 0.5) is 5.95 Å². The molecule has 1 heterocycles. The number of hydrogen-bond acceptors (Lipinski definition) is 4. The molecule has 1 N–H and O–H groups in total. The van der Waals surface area contributed by atoms with E-state index >= 15 is 0 Å². The molecule has 2 rings (SSSR count). The Labute approximate surface area is 122 Å². The van der Waals surface area contributed by atoms with Crippen molar-refractivity contribution in [2.45, 2.75) is 33.2 Å². The van der Waals surface area contributed by atoms with E-state index in [0.717, 1.165) is 18.4 Å². The van der Waals surface area contributed by atoms with Crippen molar-refractivity contribution in [3.05, 3.63) is 34.3 Å². The van der Waals surface area contributed by atoms with Gasteiger partial charge in [-0.25, -0.2) is 0 Å². The third kappa shape index (κ3) is 3.54. The SMILES string of the molecule is CCCCn1nnc(NC(=O)c2ccc(C)c(Cl)c2)n1. The van der Waals surface area contributed by atoms with Gasteiger partial charge >= 0.3 is 0 Å². The molecule has 7 heteroatoms. The zero-order chi connectivity index (χ0) is 14.5. The van der Waals surface area contributed by atoms with Crippen molar-refractivity contribution in [2.75, 3.05) is 5.32 Å². The maximum Gasteiger partial charge on any atom is 0.270 e. The van der Waals surface area contributed by atoms with Gasteiger partial charge in [0.1, 0.15) is 0 Å². The molecule has 0 aliphatic carbocycles. The lowest BCUT2D eigenvalue weighted by atomic mass is 10.1. The number of amides is 1. The van der Waals surface area contributed by atoms with E-state index < -0.39 is 0 Å². The third-order valence-electron chi connectivity index (χ3n) is 2.82. The molecule has 0 saturated heterocycles. The first kappa shape index (κ1) is 14.5. The fourth-order valence-corrected chi connectivity index (χ4v) is 1.78. The average Bonchev–Trinajstić information content (AvgIpc) is 2.87. The number of carbonyl (C=O) groups excluding carboxylic acids is 1. The van der Waals surface area contributed by atoms with E-state index in [1.165, 1.54) is 4.80 Å². The first-order valence-corrected chi connectivity index (χ1v) is 6.83. The summed E-state index contributed by atoms with van der Waals surface area (Å²) in [5.74, 6) is -0.107. The molecule has 6 nitrogen and oxygen atoms in total. The molecule has 0 spiro atoms. The molecule has 0 saturated carbocycles. The van der Waals surface area contributed by atoms with Crippen molar-refractivity contribution in [1.82, 2.24) is 20.2 Å². The number of nitrogens with one attached hydrogen (secondary N) is 1. The molecule has 0 aliphatic heterocycles. The number of unbranched alkanes of at least 4 members (excludes halogenated alkanes) is 1. The highest BCUT2D eigenvalue weighted by molar-refractivity contribution is 6.31. The lowest BCUT2D eigenvalue weighted by molar-refractivity contribution is 0.102. The highest BCUT2D eigenvalue weighted by Crippen LogP contribution is 2.17. The molecule has 2 aromatic rings. The predicted molar refractivity (Wildman–Crippen MR) is 76.9 cm³/mol. The van der Waals surface area contributed by atoms with Gasteiger partial charge in [0.15, 0.2) is 0 Å². The Morgan fingerprint density at radius 3 is 2.95 bits per heavy atom. The number of aromatic nitrogens is 4. The Morgan fingerprint density at radius 1 is 1.45 bits per heavy atom. The van der Waals surface area contributed by atoms with Gasteiger partial charge in [-0.15, -0.1) is 5.10 Å². The Bertz CT molecular complexity index is 611. The monoisotopic (exact) mass is 293 g/mol. The molecular formula is C13H16ClN5O. The minimum atomic E-state index is -0.304. The smallest absolute Gasteiger partial charge is 0.270 e. The van der Waals surface area contributed by atoms with Gasteiger partial charge in [0.25, 0.3) is 11.9 Å². The van der Waals surface area contributed by atoms with E-state index in [0.29, 0.717) is 17.1 Å². The minimum absolute atomic E-state index is 0.197. The number of rotatable bonds is 5. The quantitative estimate of drug-likeness (QED) is 0.920. The second kappa shape index (κ2) is 6.47. The fraction of sp³-hybridized carbons (Fsp3) is 0.385. The van der Waals surface area contributed by atoms with Crippen LogP contribution in [0.1, 0.15) is 35.7 Å². The largest absolute Gasteiger partial charge is 0.288 e. The number of tetrazole rings is 1. The number of aryl methyl sites for hydroxylation is 2. The van der Waals surface area contributed by atoms with Crippen molar-refractivity contribution < 1.29 is 4.79 Å². The summed E-state index contributed by atoms with van der Waals surface area (Å²) in [4.78, 5) is 13.5. The molecule has 0 atom stereocenters. The van der Waals surface area contributed by atoms with Gasteiger partial charge < -0.3 is 0 Å². The molecule has 1 aromatic carbocycles. The molecule has 0 fully saturated rings. The number of benzene rings is 1. The van der Waals surface area contributed by atoms with Crippen molar-refractivity contribution in [1.29, 1.82) is 0 Å². The molecular weight excluding hydrogens is 278 g/mol. The van der Waals surface area contributed by atoms with Gasteiger partial charge in [-0.1, -0.05) is 36.1 Å². The Morgan fingerprint density at radius 2 is 2.25 bits per heavy atom. The van der Waals surface area contributed by atoms with Gasteiger partial charge in [0, 0.05) is 10.6 Å². The number of halogens is 1. The molecule has 0 aliphatic rings. The first-order chi connectivity index (χ1) is 9.60. The molecule has 0 radical (unpaired) electrons. The second-order valence-corrected chi connectivity index (χ2v) is 4.89. The van der Waals surface area contributed by atoms with Gasteiger partial charge in [-0.05, 0) is 36.3 Å². The van der Waals surface area contributed by atoms with Crippen LogP contribution in [-0.4, -0.2) is 26.1 Å². The van der Waals surface area contributed by atoms with Crippen LogP contribution in [-0.2, 0) is 6.54 Å². The standard InChI is InChI=1S/C13H16ClN5O/c1-3-4-7-19-17-13(16-18-19)15-12(20)10-6-5-9(2)11(14)8-10/h5-6,8H,3-4,7H2,1-2H3,(H,15,17,20). The van der Waals surface area contributed by atoms with Crippen LogP contribution < -0.4 is 5.32 Å². The zero-order valence-corrected chi connectivity index (χ0v) is 12.2. The van der Waals surface area contributed by atoms with E-state index in [2.05, 4.69) is 27.7 Å². The molecule has 20 heavy (non-hydrogen) atoms. The topological polar surface area (TPSA) is 72.7 Å². The summed E-state index contributed by atoms with van der Waals surface area (Å²) in [6, 6.07) is 5.12. The minimum Gasteiger partial charge on any atom is -0.288 e. The van der Waals surface area contributed by atoms with Crippen molar-refractivity contribution in [3.8, 4) is 0 Å². The average molecular weight is 294 g/mol. The van der Waals surface area contributed by atoms with Crippen LogP contribution >= 0.6 is 11.6 Å². The lowest BCUT2D eigenvalue weighted by Crippen LogP contribution is -2.13. The van der Waals surface area contributed by atoms with Crippen LogP contribution in [0.15, 0.2) is 18.2 Å². The van der Waals surface area contributed by atoms with Crippen LogP contribution in [0, 0.1) is 6.92 Å². The van der Waals surface area contributed by atoms with Crippen LogP contribution in [0.2, 0.25) is 5.02 Å². The van der Waals surface area contributed by atoms with Crippen molar-refractivity contribution >= 4 is 23.5 Å². The molecule has 1 aromatic heterocycles. The van der Waals surface area contributed by atoms with E-state index in [-0.39, 0.29) is 11.9 Å². The van der Waals surface area contributed by atoms with E-state index in [9.17, 15) is 4.79 Å². The highest BCUT2D eigenvalue weighted by atomic mass is 35.5. The Balaban J connectivity index is 2.03. The Kier molecular flexibility index (Phi) is 4.68. The maximum absolute atomic E-state index is 12.0. The summed E-state index contributed by atoms with van der Waals surface area (Å²) in [7, 11) is 0. The predicted octanol–water partition coefficient (Wildman–Crippen LogP) is 2.69. The van der Waals surface area contributed by atoms with Gasteiger partial charge in [0.05, 0.1) is 6.54 Å². The van der Waals surface area contributed by atoms with Gasteiger partial charge in [0.2, 0.25) is 0 Å². The van der Waals surface area contributed by atoms with Gasteiger partial charge in [-0.3, -0.25) is 10.1 Å². The third-order valence-corrected chi connectivity index (χ3v) is 3.23. The van der Waals surface area contributed by atoms with E-state index in [4.69, 9.17) is 11.6 Å². The summed E-state index contributed by atoms with van der Waals surface area (Å²) >= 11 is 5.99. The number of anilines is 1. The number of carbonyl (C=O) groups is 1. The van der Waals surface area contributed by atoms with Gasteiger partial charge in [-0.2, -0.15) is 4.80 Å². The lowest BCUT2D eigenvalue weighted by Gasteiger charge is -2.03. The van der Waals surface area contributed by atoms with Crippen LogP contribution in [0.3, 0.4) is 0 Å². The number of nitrogens with zero attached hydrogens (tertiary/aromatic N) is 4. The maximum atomic E-state index is 12.0. The van der Waals surface area contributed by atoms with E-state index in [1.807, 2.05) is 6.92 Å². The normalized spacial score (nSPS) is 10.6. The summed E-state index contributed by atoms with van der Waals surface area (Å²) < 4.78 is 0. The molecule has 106 valence electrons.